The van der Waals surface area contributed by atoms with E-state index in [1.165, 1.54) is 54.6 Å². The predicted octanol–water partition coefficient (Wildman–Crippen LogP) is 14.1. The van der Waals surface area contributed by atoms with Gasteiger partial charge in [-0.3, -0.25) is 0 Å². The van der Waals surface area contributed by atoms with E-state index in [0.717, 1.165) is 44.6 Å². The number of benzene rings is 9. The summed E-state index contributed by atoms with van der Waals surface area (Å²) in [6.07, 6.45) is 0. The molecule has 2 heterocycles. The maximum Gasteiger partial charge on any atom is 0.159 e. The van der Waals surface area contributed by atoms with E-state index in [1.807, 2.05) is 12.1 Å². The summed E-state index contributed by atoms with van der Waals surface area (Å²) in [6.45, 7) is 0. The number of rotatable bonds is 5. The molecule has 9 aromatic carbocycles. The van der Waals surface area contributed by atoms with Gasteiger partial charge in [-0.15, -0.1) is 0 Å². The average molecular weight is 677 g/mol. The highest BCUT2D eigenvalue weighted by molar-refractivity contribution is 6.12. The lowest BCUT2D eigenvalue weighted by Crippen LogP contribution is -2.10. The molecule has 0 bridgehead atoms. The molecule has 2 aromatic heterocycles. The molecule has 53 heavy (non-hydrogen) atoms. The second kappa shape index (κ2) is 11.7. The van der Waals surface area contributed by atoms with Gasteiger partial charge in [0.25, 0.3) is 0 Å². The van der Waals surface area contributed by atoms with Crippen LogP contribution >= 0.6 is 0 Å². The molecule has 0 unspecified atom stereocenters. The first-order valence-corrected chi connectivity index (χ1v) is 18.1. The molecule has 0 aliphatic heterocycles. The van der Waals surface area contributed by atoms with Crippen LogP contribution in [0.5, 0.6) is 0 Å². The van der Waals surface area contributed by atoms with Gasteiger partial charge in [-0.05, 0) is 87.9 Å². The Bertz CT molecular complexity index is 3180. The highest BCUT2D eigenvalue weighted by Crippen LogP contribution is 2.45. The Balaban J connectivity index is 1.06. The molecule has 11 aromatic rings. The van der Waals surface area contributed by atoms with Crippen LogP contribution in [0.1, 0.15) is 0 Å². The highest BCUT2D eigenvalue weighted by atomic mass is 16.3. The minimum atomic E-state index is 0.874. The van der Waals surface area contributed by atoms with E-state index < -0.39 is 0 Å². The standard InChI is InChI=1S/C50H32N2O/c1-2-13-36-31-39(29-25-33(36)11-1)52-46-19-7-5-16-41(46)44-32-37(26-30-47(44)52)34-23-27-38(28-24-34)51(45-20-9-14-35-12-3-4-15-40(35)45)48-21-10-18-43-42-17-6-8-22-49(42)53-50(43)48/h1-32H. The van der Waals surface area contributed by atoms with Gasteiger partial charge in [0, 0.05) is 38.3 Å². The van der Waals surface area contributed by atoms with E-state index in [0.29, 0.717) is 0 Å². The van der Waals surface area contributed by atoms with E-state index >= 15 is 0 Å². The quantitative estimate of drug-likeness (QED) is 0.181. The Kier molecular flexibility index (Phi) is 6.55. The molecule has 0 radical (unpaired) electrons. The smallest absolute Gasteiger partial charge is 0.159 e. The first kappa shape index (κ1) is 29.6. The second-order valence-corrected chi connectivity index (χ2v) is 13.7. The molecule has 0 fully saturated rings. The largest absolute Gasteiger partial charge is 0.454 e. The number of nitrogens with zero attached hydrogens (tertiary/aromatic N) is 2. The topological polar surface area (TPSA) is 21.3 Å². The Hall–Kier alpha value is -7.10. The summed E-state index contributed by atoms with van der Waals surface area (Å²) in [4.78, 5) is 2.34. The zero-order valence-electron chi connectivity index (χ0n) is 28.8. The van der Waals surface area contributed by atoms with Crippen molar-refractivity contribution in [2.24, 2.45) is 0 Å². The number of hydrogen-bond acceptors (Lipinski definition) is 2. The lowest BCUT2D eigenvalue weighted by Gasteiger charge is -2.27. The van der Waals surface area contributed by atoms with Gasteiger partial charge in [0.15, 0.2) is 5.58 Å². The number of furan rings is 1. The summed E-state index contributed by atoms with van der Waals surface area (Å²) in [5, 5.41) is 9.57. The van der Waals surface area contributed by atoms with Crippen LogP contribution in [0.3, 0.4) is 0 Å². The minimum absolute atomic E-state index is 0.874. The van der Waals surface area contributed by atoms with Gasteiger partial charge in [0.05, 0.1) is 22.4 Å². The van der Waals surface area contributed by atoms with Crippen LogP contribution in [0, 0.1) is 0 Å². The van der Waals surface area contributed by atoms with Crippen LogP contribution in [-0.4, -0.2) is 4.57 Å². The fourth-order valence-electron chi connectivity index (χ4n) is 8.27. The lowest BCUT2D eigenvalue weighted by molar-refractivity contribution is 0.669. The van der Waals surface area contributed by atoms with Crippen molar-refractivity contribution in [3.05, 3.63) is 194 Å². The molecule has 3 heteroatoms. The van der Waals surface area contributed by atoms with E-state index in [1.54, 1.807) is 0 Å². The zero-order chi connectivity index (χ0) is 34.9. The summed E-state index contributed by atoms with van der Waals surface area (Å²) >= 11 is 0. The Morgan fingerprint density at radius 2 is 1.02 bits per heavy atom. The third-order valence-corrected chi connectivity index (χ3v) is 10.8. The number of aromatic nitrogens is 1. The maximum atomic E-state index is 6.60. The fraction of sp³-hybridized carbons (Fsp3) is 0. The van der Waals surface area contributed by atoms with Crippen LogP contribution in [0.2, 0.25) is 0 Å². The van der Waals surface area contributed by atoms with Crippen LogP contribution < -0.4 is 4.90 Å². The summed E-state index contributed by atoms with van der Waals surface area (Å²) in [5.74, 6) is 0. The van der Waals surface area contributed by atoms with Crippen LogP contribution in [-0.2, 0) is 0 Å². The van der Waals surface area contributed by atoms with Gasteiger partial charge < -0.3 is 13.9 Å². The van der Waals surface area contributed by atoms with Crippen molar-refractivity contribution >= 4 is 82.4 Å². The molecule has 0 aliphatic rings. The molecular formula is C50H32N2O. The van der Waals surface area contributed by atoms with E-state index in [2.05, 4.69) is 191 Å². The van der Waals surface area contributed by atoms with E-state index in [9.17, 15) is 0 Å². The maximum absolute atomic E-state index is 6.60. The van der Waals surface area contributed by atoms with Gasteiger partial charge in [-0.25, -0.2) is 0 Å². The molecule has 0 amide bonds. The Morgan fingerprint density at radius 3 is 1.91 bits per heavy atom. The molecular weight excluding hydrogens is 645 g/mol. The monoisotopic (exact) mass is 676 g/mol. The van der Waals surface area contributed by atoms with E-state index in [-0.39, 0.29) is 0 Å². The molecule has 0 atom stereocenters. The number of fused-ring (bicyclic) bond motifs is 8. The second-order valence-electron chi connectivity index (χ2n) is 13.7. The van der Waals surface area contributed by atoms with Gasteiger partial charge in [-0.1, -0.05) is 133 Å². The molecule has 11 rings (SSSR count). The van der Waals surface area contributed by atoms with Crippen molar-refractivity contribution in [1.82, 2.24) is 4.57 Å². The van der Waals surface area contributed by atoms with Crippen LogP contribution in [0.25, 0.3) is 82.1 Å². The Labute approximate surface area is 306 Å². The molecule has 0 saturated heterocycles. The van der Waals surface area contributed by atoms with Crippen molar-refractivity contribution in [2.75, 3.05) is 4.90 Å². The summed E-state index contributed by atoms with van der Waals surface area (Å²) in [7, 11) is 0. The van der Waals surface area contributed by atoms with E-state index in [4.69, 9.17) is 4.42 Å². The third kappa shape index (κ3) is 4.68. The first-order chi connectivity index (χ1) is 26.3. The molecule has 0 saturated carbocycles. The lowest BCUT2D eigenvalue weighted by atomic mass is 10.0. The van der Waals surface area contributed by atoms with Crippen molar-refractivity contribution in [3.8, 4) is 16.8 Å². The summed E-state index contributed by atoms with van der Waals surface area (Å²) in [5.41, 5.74) is 10.8. The van der Waals surface area contributed by atoms with Gasteiger partial charge in [-0.2, -0.15) is 0 Å². The van der Waals surface area contributed by atoms with Crippen LogP contribution in [0.4, 0.5) is 17.1 Å². The highest BCUT2D eigenvalue weighted by Gasteiger charge is 2.21. The van der Waals surface area contributed by atoms with Crippen molar-refractivity contribution in [3.63, 3.8) is 0 Å². The fourth-order valence-corrected chi connectivity index (χ4v) is 8.27. The molecule has 0 aliphatic carbocycles. The predicted molar refractivity (Wildman–Crippen MR) is 223 cm³/mol. The van der Waals surface area contributed by atoms with Crippen molar-refractivity contribution in [1.29, 1.82) is 0 Å². The normalized spacial score (nSPS) is 11.8. The van der Waals surface area contributed by atoms with Crippen LogP contribution in [0.15, 0.2) is 199 Å². The molecule has 0 N–H and O–H groups in total. The number of para-hydroxylation sites is 3. The van der Waals surface area contributed by atoms with Gasteiger partial charge in [0.2, 0.25) is 0 Å². The minimum Gasteiger partial charge on any atom is -0.454 e. The third-order valence-electron chi connectivity index (χ3n) is 10.8. The summed E-state index contributed by atoms with van der Waals surface area (Å²) in [6, 6.07) is 69.7. The summed E-state index contributed by atoms with van der Waals surface area (Å²) < 4.78 is 8.99. The zero-order valence-corrected chi connectivity index (χ0v) is 28.8. The average Bonchev–Trinajstić information content (AvgIpc) is 3.77. The number of anilines is 3. The van der Waals surface area contributed by atoms with Gasteiger partial charge in [0.1, 0.15) is 5.58 Å². The SMILES string of the molecule is c1ccc2cc(-n3c4ccccc4c4cc(-c5ccc(N(c6cccc7ccccc67)c6cccc7c6oc6ccccc67)cc5)ccc43)ccc2c1. The number of hydrogen-bond donors (Lipinski definition) is 0. The van der Waals surface area contributed by atoms with Gasteiger partial charge >= 0.3 is 0 Å². The van der Waals surface area contributed by atoms with Crippen molar-refractivity contribution < 1.29 is 4.42 Å². The molecule has 248 valence electrons. The van der Waals surface area contributed by atoms with Crippen molar-refractivity contribution in [2.45, 2.75) is 0 Å². The first-order valence-electron chi connectivity index (χ1n) is 18.1. The molecule has 3 nitrogen and oxygen atoms in total. The Morgan fingerprint density at radius 1 is 0.377 bits per heavy atom. The molecule has 0 spiro atoms.